The molecule has 1 aliphatic carbocycles. The zero-order chi connectivity index (χ0) is 14.5. The van der Waals surface area contributed by atoms with Gasteiger partial charge in [0, 0.05) is 25.2 Å². The highest BCUT2D eigenvalue weighted by Crippen LogP contribution is 2.30. The molecule has 0 aliphatic heterocycles. The number of hydrogen-bond acceptors (Lipinski definition) is 5. The van der Waals surface area contributed by atoms with E-state index in [9.17, 15) is 10.1 Å². The van der Waals surface area contributed by atoms with Crippen molar-refractivity contribution in [3.05, 3.63) is 33.9 Å². The fraction of sp³-hybridized carbons (Fsp3) is 0.571. The van der Waals surface area contributed by atoms with Crippen LogP contribution in [-0.2, 0) is 6.54 Å². The minimum absolute atomic E-state index is 0.0115. The lowest BCUT2D eigenvalue weighted by atomic mass is 9.91. The molecule has 0 bridgehead atoms. The van der Waals surface area contributed by atoms with E-state index < -0.39 is 4.92 Å². The molecule has 1 fully saturated rings. The second kappa shape index (κ2) is 6.67. The molecule has 0 radical (unpaired) electrons. The molecule has 1 aromatic carbocycles. The van der Waals surface area contributed by atoms with Gasteiger partial charge in [-0.05, 0) is 24.5 Å². The van der Waals surface area contributed by atoms with Gasteiger partial charge in [-0.15, -0.1) is 0 Å². The first-order valence-corrected chi connectivity index (χ1v) is 6.82. The number of ether oxygens (including phenoxy) is 1. The van der Waals surface area contributed by atoms with Crippen molar-refractivity contribution in [1.82, 2.24) is 4.90 Å². The molecular weight excluding hydrogens is 260 g/mol. The summed E-state index contributed by atoms with van der Waals surface area (Å²) >= 11 is 0. The number of aliphatic hydroxyl groups is 1. The number of methoxy groups -OCH3 is 1. The minimum Gasteiger partial charge on any atom is -0.490 e. The molecule has 0 atom stereocenters. The Morgan fingerprint density at radius 1 is 1.50 bits per heavy atom. The topological polar surface area (TPSA) is 75.8 Å². The van der Waals surface area contributed by atoms with Gasteiger partial charge in [0.05, 0.1) is 18.6 Å². The molecular formula is C14H20N2O4. The maximum atomic E-state index is 11.0. The second-order valence-electron chi connectivity index (χ2n) is 5.04. The van der Waals surface area contributed by atoms with Gasteiger partial charge in [0.1, 0.15) is 0 Å². The molecule has 6 heteroatoms. The maximum Gasteiger partial charge on any atom is 0.311 e. The first-order chi connectivity index (χ1) is 9.65. The van der Waals surface area contributed by atoms with Crippen molar-refractivity contribution in [2.75, 3.05) is 20.3 Å². The third-order valence-electron chi connectivity index (χ3n) is 3.80. The van der Waals surface area contributed by atoms with Gasteiger partial charge < -0.3 is 9.84 Å². The predicted molar refractivity (Wildman–Crippen MR) is 74.8 cm³/mol. The van der Waals surface area contributed by atoms with Gasteiger partial charge in [0.25, 0.3) is 0 Å². The third kappa shape index (κ3) is 3.26. The number of nitro groups is 1. The van der Waals surface area contributed by atoms with Gasteiger partial charge in [-0.2, -0.15) is 0 Å². The molecule has 1 N–H and O–H groups in total. The number of rotatable bonds is 7. The molecule has 0 saturated heterocycles. The summed E-state index contributed by atoms with van der Waals surface area (Å²) in [6.07, 6.45) is 3.49. The van der Waals surface area contributed by atoms with Crippen LogP contribution in [0.15, 0.2) is 18.2 Å². The fourth-order valence-corrected chi connectivity index (χ4v) is 2.48. The van der Waals surface area contributed by atoms with Crippen LogP contribution in [0.25, 0.3) is 0 Å². The highest BCUT2D eigenvalue weighted by molar-refractivity contribution is 5.48. The standard InChI is InChI=1S/C14H20N2O4/c1-20-14-6-5-11(9-13(14)16(18)19)10-15(7-8-17)12-3-2-4-12/h5-6,9,12,17H,2-4,7-8,10H2,1H3. The molecule has 2 rings (SSSR count). The summed E-state index contributed by atoms with van der Waals surface area (Å²) in [7, 11) is 1.43. The normalized spacial score (nSPS) is 15.2. The molecule has 1 aromatic rings. The van der Waals surface area contributed by atoms with E-state index in [1.54, 1.807) is 12.1 Å². The van der Waals surface area contributed by atoms with Crippen LogP contribution in [0, 0.1) is 10.1 Å². The molecule has 0 amide bonds. The van der Waals surface area contributed by atoms with E-state index in [1.807, 2.05) is 6.07 Å². The quantitative estimate of drug-likeness (QED) is 0.610. The van der Waals surface area contributed by atoms with Crippen molar-refractivity contribution in [1.29, 1.82) is 0 Å². The Kier molecular flexibility index (Phi) is 4.92. The Morgan fingerprint density at radius 2 is 2.25 bits per heavy atom. The molecule has 110 valence electrons. The van der Waals surface area contributed by atoms with Crippen LogP contribution < -0.4 is 4.74 Å². The van der Waals surface area contributed by atoms with E-state index in [1.165, 1.54) is 13.5 Å². The molecule has 0 spiro atoms. The zero-order valence-corrected chi connectivity index (χ0v) is 11.6. The predicted octanol–water partition coefficient (Wildman–Crippen LogP) is 1.95. The monoisotopic (exact) mass is 280 g/mol. The number of nitrogens with zero attached hydrogens (tertiary/aromatic N) is 2. The Morgan fingerprint density at radius 3 is 2.75 bits per heavy atom. The molecule has 0 aromatic heterocycles. The lowest BCUT2D eigenvalue weighted by Gasteiger charge is -2.37. The Balaban J connectivity index is 2.14. The summed E-state index contributed by atoms with van der Waals surface area (Å²) in [5.74, 6) is 0.274. The van der Waals surface area contributed by atoms with Gasteiger partial charge in [-0.1, -0.05) is 12.5 Å². The summed E-state index contributed by atoms with van der Waals surface area (Å²) < 4.78 is 5.00. The van der Waals surface area contributed by atoms with Crippen molar-refractivity contribution in [3.8, 4) is 5.75 Å². The van der Waals surface area contributed by atoms with Crippen molar-refractivity contribution in [2.45, 2.75) is 31.8 Å². The minimum atomic E-state index is -0.429. The van der Waals surface area contributed by atoms with Crippen LogP contribution in [0.1, 0.15) is 24.8 Å². The highest BCUT2D eigenvalue weighted by atomic mass is 16.6. The number of hydrogen-bond donors (Lipinski definition) is 1. The number of benzene rings is 1. The van der Waals surface area contributed by atoms with Gasteiger partial charge >= 0.3 is 5.69 Å². The van der Waals surface area contributed by atoms with Gasteiger partial charge in [0.2, 0.25) is 0 Å². The van der Waals surface area contributed by atoms with Gasteiger partial charge in [-0.3, -0.25) is 15.0 Å². The summed E-state index contributed by atoms with van der Waals surface area (Å²) in [4.78, 5) is 12.8. The third-order valence-corrected chi connectivity index (χ3v) is 3.80. The van der Waals surface area contributed by atoms with E-state index in [4.69, 9.17) is 9.84 Å². The van der Waals surface area contributed by atoms with Crippen molar-refractivity contribution < 1.29 is 14.8 Å². The molecule has 1 aliphatic rings. The maximum absolute atomic E-state index is 11.0. The van der Waals surface area contributed by atoms with Crippen LogP contribution in [0.2, 0.25) is 0 Å². The SMILES string of the molecule is COc1ccc(CN(CCO)C2CCC2)cc1[N+](=O)[O-]. The molecule has 0 heterocycles. The van der Waals surface area contributed by atoms with E-state index in [2.05, 4.69) is 4.90 Å². The number of aliphatic hydroxyl groups excluding tert-OH is 1. The number of nitro benzene ring substituents is 1. The van der Waals surface area contributed by atoms with Gasteiger partial charge in [-0.25, -0.2) is 0 Å². The summed E-state index contributed by atoms with van der Waals surface area (Å²) in [6, 6.07) is 5.52. The van der Waals surface area contributed by atoms with Crippen molar-refractivity contribution in [3.63, 3.8) is 0 Å². The smallest absolute Gasteiger partial charge is 0.311 e. The molecule has 6 nitrogen and oxygen atoms in total. The van der Waals surface area contributed by atoms with Crippen LogP contribution in [-0.4, -0.2) is 41.2 Å². The molecule has 20 heavy (non-hydrogen) atoms. The molecule has 1 saturated carbocycles. The van der Waals surface area contributed by atoms with Crippen LogP contribution in [0.5, 0.6) is 5.75 Å². The largest absolute Gasteiger partial charge is 0.490 e. The first kappa shape index (κ1) is 14.7. The summed E-state index contributed by atoms with van der Waals surface area (Å²) in [5.41, 5.74) is 0.861. The van der Waals surface area contributed by atoms with E-state index in [-0.39, 0.29) is 18.0 Å². The Bertz CT molecular complexity index is 474. The Labute approximate surface area is 118 Å². The van der Waals surface area contributed by atoms with Crippen molar-refractivity contribution >= 4 is 5.69 Å². The van der Waals surface area contributed by atoms with Crippen LogP contribution in [0.4, 0.5) is 5.69 Å². The first-order valence-electron chi connectivity index (χ1n) is 6.82. The van der Waals surface area contributed by atoms with E-state index in [0.29, 0.717) is 19.1 Å². The van der Waals surface area contributed by atoms with E-state index >= 15 is 0 Å². The van der Waals surface area contributed by atoms with E-state index in [0.717, 1.165) is 18.4 Å². The second-order valence-corrected chi connectivity index (χ2v) is 5.04. The van der Waals surface area contributed by atoms with Crippen LogP contribution in [0.3, 0.4) is 0 Å². The Hall–Kier alpha value is -1.66. The van der Waals surface area contributed by atoms with Crippen LogP contribution >= 0.6 is 0 Å². The lowest BCUT2D eigenvalue weighted by molar-refractivity contribution is -0.385. The summed E-state index contributed by atoms with van der Waals surface area (Å²) in [5, 5.41) is 20.2. The fourth-order valence-electron chi connectivity index (χ4n) is 2.48. The van der Waals surface area contributed by atoms with Gasteiger partial charge in [0.15, 0.2) is 5.75 Å². The zero-order valence-electron chi connectivity index (χ0n) is 11.6. The average Bonchev–Trinajstić information content (AvgIpc) is 2.36. The highest BCUT2D eigenvalue weighted by Gasteiger charge is 2.25. The van der Waals surface area contributed by atoms with Crippen molar-refractivity contribution in [2.24, 2.45) is 0 Å². The average molecular weight is 280 g/mol. The molecule has 0 unspecified atom stereocenters. The summed E-state index contributed by atoms with van der Waals surface area (Å²) in [6.45, 7) is 1.33. The lowest BCUT2D eigenvalue weighted by Crippen LogP contribution is -2.41.